The van der Waals surface area contributed by atoms with Crippen LogP contribution in [0.1, 0.15) is 59.3 Å². The monoisotopic (exact) mass is 425 g/mol. The predicted molar refractivity (Wildman–Crippen MR) is 106 cm³/mol. The van der Waals surface area contributed by atoms with Crippen LogP contribution >= 0.6 is 24.0 Å². The lowest BCUT2D eigenvalue weighted by Gasteiger charge is -2.27. The Hall–Kier alpha value is -0.0400. The molecule has 0 unspecified atom stereocenters. The summed E-state index contributed by atoms with van der Waals surface area (Å²) in [6.07, 6.45) is 7.60. The summed E-state index contributed by atoms with van der Waals surface area (Å²) in [5, 5.41) is 6.82. The van der Waals surface area contributed by atoms with Gasteiger partial charge in [-0.25, -0.2) is 0 Å². The molecule has 0 aromatic rings. The van der Waals surface area contributed by atoms with Gasteiger partial charge < -0.3 is 15.4 Å². The van der Waals surface area contributed by atoms with E-state index in [9.17, 15) is 0 Å². The second-order valence-corrected chi connectivity index (χ2v) is 6.75. The fourth-order valence-electron chi connectivity index (χ4n) is 3.00. The number of methoxy groups -OCH3 is 1. The zero-order valence-electron chi connectivity index (χ0n) is 14.9. The maximum atomic E-state index is 5.29. The van der Waals surface area contributed by atoms with E-state index in [2.05, 4.69) is 31.4 Å². The third-order valence-electron chi connectivity index (χ3n) is 4.43. The van der Waals surface area contributed by atoms with Crippen molar-refractivity contribution in [3.05, 3.63) is 0 Å². The summed E-state index contributed by atoms with van der Waals surface area (Å²) < 4.78 is 5.29. The molecule has 0 heterocycles. The number of hydrogen-bond acceptors (Lipinski definition) is 2. The van der Waals surface area contributed by atoms with Crippen LogP contribution in [0.2, 0.25) is 0 Å². The second-order valence-electron chi connectivity index (χ2n) is 6.75. The van der Waals surface area contributed by atoms with Crippen molar-refractivity contribution in [3.63, 3.8) is 0 Å². The predicted octanol–water partition coefficient (Wildman–Crippen LogP) is 3.80. The summed E-state index contributed by atoms with van der Waals surface area (Å²) in [7, 11) is 1.80. The molecule has 0 atom stereocenters. The van der Waals surface area contributed by atoms with Crippen molar-refractivity contribution >= 4 is 29.9 Å². The molecule has 1 fully saturated rings. The van der Waals surface area contributed by atoms with Gasteiger partial charge in [-0.15, -0.1) is 24.0 Å². The Balaban J connectivity index is 0.00000441. The summed E-state index contributed by atoms with van der Waals surface area (Å²) in [4.78, 5) is 4.86. The molecule has 1 aliphatic rings. The van der Waals surface area contributed by atoms with Crippen LogP contribution in [0.15, 0.2) is 4.99 Å². The maximum Gasteiger partial charge on any atom is 0.191 e. The van der Waals surface area contributed by atoms with Crippen LogP contribution in [-0.4, -0.2) is 39.3 Å². The van der Waals surface area contributed by atoms with Gasteiger partial charge in [-0.1, -0.05) is 26.7 Å². The fraction of sp³-hybridized carbons (Fsp3) is 0.941. The molecule has 0 amide bonds. The van der Waals surface area contributed by atoms with Crippen LogP contribution in [0.4, 0.5) is 0 Å². The van der Waals surface area contributed by atoms with Crippen LogP contribution < -0.4 is 10.6 Å². The lowest BCUT2D eigenvalue weighted by Crippen LogP contribution is -2.39. The largest absolute Gasteiger partial charge is 0.385 e. The van der Waals surface area contributed by atoms with Gasteiger partial charge in [-0.3, -0.25) is 4.99 Å². The molecule has 0 aromatic carbocycles. The Morgan fingerprint density at radius 3 is 2.45 bits per heavy atom. The summed E-state index contributed by atoms with van der Waals surface area (Å²) in [5.41, 5.74) is 0.371. The third kappa shape index (κ3) is 8.56. The Bertz CT molecular complexity index is 302. The highest BCUT2D eigenvalue weighted by Gasteiger charge is 2.33. The molecule has 0 spiro atoms. The highest BCUT2D eigenvalue weighted by molar-refractivity contribution is 14.0. The molecule has 0 aromatic heterocycles. The van der Waals surface area contributed by atoms with Crippen molar-refractivity contribution in [2.45, 2.75) is 59.3 Å². The van der Waals surface area contributed by atoms with Gasteiger partial charge in [-0.2, -0.15) is 0 Å². The molecule has 2 N–H and O–H groups in total. The minimum absolute atomic E-state index is 0. The SMILES string of the molecule is CCNC(=NCC1(CCOC)CCCC1)NCCC(C)C.I. The number of ether oxygens (including phenoxy) is 1. The van der Waals surface area contributed by atoms with Crippen molar-refractivity contribution in [1.82, 2.24) is 10.6 Å². The van der Waals surface area contributed by atoms with E-state index in [1.807, 2.05) is 0 Å². The molecule has 0 saturated heterocycles. The van der Waals surface area contributed by atoms with Crippen LogP contribution in [0.3, 0.4) is 0 Å². The number of nitrogens with one attached hydrogen (secondary N) is 2. The average Bonchev–Trinajstić information content (AvgIpc) is 2.91. The number of aliphatic imine (C=N–C) groups is 1. The topological polar surface area (TPSA) is 45.7 Å². The molecular formula is C17H36IN3O. The van der Waals surface area contributed by atoms with E-state index in [0.29, 0.717) is 5.41 Å². The van der Waals surface area contributed by atoms with Gasteiger partial charge in [0.05, 0.1) is 0 Å². The highest BCUT2D eigenvalue weighted by atomic mass is 127. The van der Waals surface area contributed by atoms with E-state index < -0.39 is 0 Å². The number of halogens is 1. The number of rotatable bonds is 9. The summed E-state index contributed by atoms with van der Waals surface area (Å²) in [5.74, 6) is 1.70. The van der Waals surface area contributed by atoms with E-state index in [1.54, 1.807) is 7.11 Å². The maximum absolute atomic E-state index is 5.29. The zero-order valence-corrected chi connectivity index (χ0v) is 17.2. The van der Waals surface area contributed by atoms with Crippen molar-refractivity contribution in [2.75, 3.05) is 33.4 Å². The van der Waals surface area contributed by atoms with Crippen molar-refractivity contribution in [1.29, 1.82) is 0 Å². The van der Waals surface area contributed by atoms with Crippen LogP contribution in [0.25, 0.3) is 0 Å². The van der Waals surface area contributed by atoms with Crippen molar-refractivity contribution in [2.24, 2.45) is 16.3 Å². The molecule has 1 saturated carbocycles. The summed E-state index contributed by atoms with van der Waals surface area (Å²) in [6, 6.07) is 0. The van der Waals surface area contributed by atoms with Gasteiger partial charge in [0.2, 0.25) is 0 Å². The van der Waals surface area contributed by atoms with E-state index in [4.69, 9.17) is 9.73 Å². The summed E-state index contributed by atoms with van der Waals surface area (Å²) >= 11 is 0. The normalized spacial score (nSPS) is 17.4. The van der Waals surface area contributed by atoms with Gasteiger partial charge in [-0.05, 0) is 43.9 Å². The van der Waals surface area contributed by atoms with Gasteiger partial charge in [0.25, 0.3) is 0 Å². The molecule has 0 radical (unpaired) electrons. The Kier molecular flexibility index (Phi) is 12.4. The molecule has 1 aliphatic carbocycles. The van der Waals surface area contributed by atoms with Gasteiger partial charge >= 0.3 is 0 Å². The number of nitrogens with zero attached hydrogens (tertiary/aromatic N) is 1. The first-order valence-electron chi connectivity index (χ1n) is 8.63. The van der Waals surface area contributed by atoms with E-state index in [1.165, 1.54) is 32.1 Å². The molecule has 1 rings (SSSR count). The molecule has 0 bridgehead atoms. The van der Waals surface area contributed by atoms with E-state index in [-0.39, 0.29) is 24.0 Å². The quantitative estimate of drug-likeness (QED) is 0.336. The Morgan fingerprint density at radius 1 is 1.23 bits per heavy atom. The van der Waals surface area contributed by atoms with Crippen molar-refractivity contribution in [3.8, 4) is 0 Å². The lowest BCUT2D eigenvalue weighted by atomic mass is 9.83. The number of guanidine groups is 1. The standard InChI is InChI=1S/C17H35N3O.HI/c1-5-18-16(19-12-8-15(2)3)20-14-17(11-13-21-4)9-6-7-10-17;/h15H,5-14H2,1-4H3,(H2,18,19,20);1H. The first-order valence-corrected chi connectivity index (χ1v) is 8.63. The molecular weight excluding hydrogens is 389 g/mol. The lowest BCUT2D eigenvalue weighted by molar-refractivity contribution is 0.141. The zero-order chi connectivity index (χ0) is 15.6. The second kappa shape index (κ2) is 12.4. The van der Waals surface area contributed by atoms with Crippen LogP contribution in [0.5, 0.6) is 0 Å². The number of hydrogen-bond donors (Lipinski definition) is 2. The highest BCUT2D eigenvalue weighted by Crippen LogP contribution is 2.41. The smallest absolute Gasteiger partial charge is 0.191 e. The molecule has 4 nitrogen and oxygen atoms in total. The minimum atomic E-state index is 0. The van der Waals surface area contributed by atoms with E-state index in [0.717, 1.165) is 44.5 Å². The van der Waals surface area contributed by atoms with Crippen LogP contribution in [0, 0.1) is 11.3 Å². The summed E-state index contributed by atoms with van der Waals surface area (Å²) in [6.45, 7) is 10.3. The molecule has 5 heteroatoms. The molecule has 22 heavy (non-hydrogen) atoms. The average molecular weight is 425 g/mol. The first kappa shape index (κ1) is 22.0. The van der Waals surface area contributed by atoms with Gasteiger partial charge in [0.15, 0.2) is 5.96 Å². The molecule has 132 valence electrons. The van der Waals surface area contributed by atoms with E-state index >= 15 is 0 Å². The van der Waals surface area contributed by atoms with Crippen molar-refractivity contribution < 1.29 is 4.74 Å². The Morgan fingerprint density at radius 2 is 1.91 bits per heavy atom. The Labute approximate surface area is 154 Å². The molecule has 0 aliphatic heterocycles. The van der Waals surface area contributed by atoms with Crippen LogP contribution in [-0.2, 0) is 4.74 Å². The minimum Gasteiger partial charge on any atom is -0.385 e. The van der Waals surface area contributed by atoms with Gasteiger partial charge in [0.1, 0.15) is 0 Å². The fourth-order valence-corrected chi connectivity index (χ4v) is 3.00. The van der Waals surface area contributed by atoms with Gasteiger partial charge in [0, 0.05) is 33.4 Å². The first-order chi connectivity index (χ1) is 10.1. The third-order valence-corrected chi connectivity index (χ3v) is 4.43.